The van der Waals surface area contributed by atoms with E-state index in [1.54, 1.807) is 17.4 Å². The minimum Gasteiger partial charge on any atom is -0.388 e. The average molecular weight is 249 g/mol. The molecular formula is C14H19NOS. The zero-order valence-corrected chi connectivity index (χ0v) is 11.4. The largest absolute Gasteiger partial charge is 0.388 e. The van der Waals surface area contributed by atoms with Gasteiger partial charge in [-0.25, -0.2) is 4.98 Å². The number of rotatable bonds is 5. The van der Waals surface area contributed by atoms with Crippen LogP contribution in [-0.2, 0) is 0 Å². The van der Waals surface area contributed by atoms with Gasteiger partial charge in [0.05, 0.1) is 16.8 Å². The van der Waals surface area contributed by atoms with Crippen LogP contribution in [0.5, 0.6) is 0 Å². The van der Waals surface area contributed by atoms with E-state index >= 15 is 0 Å². The van der Waals surface area contributed by atoms with Crippen LogP contribution < -0.4 is 0 Å². The summed E-state index contributed by atoms with van der Waals surface area (Å²) in [6, 6.07) is 0. The van der Waals surface area contributed by atoms with Gasteiger partial charge in [-0.15, -0.1) is 11.3 Å². The quantitative estimate of drug-likeness (QED) is 0.806. The summed E-state index contributed by atoms with van der Waals surface area (Å²) in [5.41, 5.74) is 2.94. The third-order valence-electron chi connectivity index (χ3n) is 2.52. The van der Waals surface area contributed by atoms with Gasteiger partial charge in [0.1, 0.15) is 0 Å². The average Bonchev–Trinajstić information content (AvgIpc) is 2.70. The minimum atomic E-state index is -0.452. The van der Waals surface area contributed by atoms with Crippen molar-refractivity contribution in [1.29, 1.82) is 0 Å². The third-order valence-corrected chi connectivity index (χ3v) is 3.31. The number of nitrogens with zero attached hydrogens (tertiary/aromatic N) is 1. The lowest BCUT2D eigenvalue weighted by molar-refractivity contribution is 0.215. The molecule has 0 spiro atoms. The number of aliphatic hydroxyl groups is 1. The second kappa shape index (κ2) is 6.52. The molecule has 2 nitrogen and oxygen atoms in total. The molecule has 1 aromatic rings. The molecule has 0 aliphatic rings. The minimum absolute atomic E-state index is 0.452. The molecule has 1 aromatic heterocycles. The van der Waals surface area contributed by atoms with Crippen LogP contribution in [0.1, 0.15) is 31.0 Å². The molecule has 0 radical (unpaired) electrons. The molecule has 17 heavy (non-hydrogen) atoms. The molecule has 92 valence electrons. The second-order valence-electron chi connectivity index (χ2n) is 4.08. The van der Waals surface area contributed by atoms with Crippen LogP contribution in [0.15, 0.2) is 35.3 Å². The number of hydrogen-bond donors (Lipinski definition) is 1. The molecule has 0 aromatic carbocycles. The predicted octanol–water partition coefficient (Wildman–Crippen LogP) is 3.74. The Labute approximate surface area is 107 Å². The van der Waals surface area contributed by atoms with Crippen molar-refractivity contribution in [3.05, 3.63) is 46.0 Å². The first kappa shape index (κ1) is 13.9. The lowest BCUT2D eigenvalue weighted by atomic mass is 10.1. The first-order chi connectivity index (χ1) is 8.02. The Morgan fingerprint density at radius 3 is 2.82 bits per heavy atom. The molecule has 1 unspecified atom stereocenters. The van der Waals surface area contributed by atoms with Gasteiger partial charge in [0.25, 0.3) is 0 Å². The van der Waals surface area contributed by atoms with E-state index in [0.29, 0.717) is 6.42 Å². The maximum atomic E-state index is 9.96. The van der Waals surface area contributed by atoms with Crippen molar-refractivity contribution in [2.75, 3.05) is 0 Å². The number of aromatic nitrogens is 1. The zero-order valence-electron chi connectivity index (χ0n) is 10.6. The van der Waals surface area contributed by atoms with Crippen molar-refractivity contribution in [3.8, 4) is 0 Å². The number of aliphatic hydroxyl groups excluding tert-OH is 1. The summed E-state index contributed by atoms with van der Waals surface area (Å²) in [6.07, 6.45) is 5.87. The van der Waals surface area contributed by atoms with Crippen molar-refractivity contribution in [1.82, 2.24) is 4.98 Å². The Bertz CT molecular complexity index is 443. The lowest BCUT2D eigenvalue weighted by Gasteiger charge is -2.08. The molecule has 1 rings (SSSR count). The second-order valence-corrected chi connectivity index (χ2v) is 5.15. The third kappa shape index (κ3) is 4.67. The van der Waals surface area contributed by atoms with Crippen molar-refractivity contribution in [3.63, 3.8) is 0 Å². The highest BCUT2D eigenvalue weighted by molar-refractivity contribution is 7.09. The lowest BCUT2D eigenvalue weighted by Crippen LogP contribution is -2.06. The van der Waals surface area contributed by atoms with E-state index < -0.39 is 6.10 Å². The number of thiazole rings is 1. The number of hydrogen-bond acceptors (Lipinski definition) is 3. The van der Waals surface area contributed by atoms with Gasteiger partial charge in [-0.1, -0.05) is 24.3 Å². The molecule has 0 saturated heterocycles. The molecule has 1 atom stereocenters. The SMILES string of the molecule is C=C/C(C)=C\CC(O)/C(C)=C/c1csc(C)n1. The van der Waals surface area contributed by atoms with Crippen LogP contribution >= 0.6 is 11.3 Å². The fourth-order valence-corrected chi connectivity index (χ4v) is 1.91. The number of allylic oxidation sites excluding steroid dienone is 2. The van der Waals surface area contributed by atoms with Gasteiger partial charge in [-0.3, -0.25) is 0 Å². The Morgan fingerprint density at radius 1 is 1.59 bits per heavy atom. The van der Waals surface area contributed by atoms with Crippen molar-refractivity contribution >= 4 is 17.4 Å². The summed E-state index contributed by atoms with van der Waals surface area (Å²) in [6.45, 7) is 9.56. The predicted molar refractivity (Wildman–Crippen MR) is 75.1 cm³/mol. The highest BCUT2D eigenvalue weighted by Crippen LogP contribution is 2.15. The van der Waals surface area contributed by atoms with Gasteiger partial charge in [0.2, 0.25) is 0 Å². The maximum Gasteiger partial charge on any atom is 0.0901 e. The molecule has 0 bridgehead atoms. The van der Waals surface area contributed by atoms with Gasteiger partial charge < -0.3 is 5.11 Å². The van der Waals surface area contributed by atoms with E-state index in [0.717, 1.165) is 21.8 Å². The Balaban J connectivity index is 2.66. The van der Waals surface area contributed by atoms with E-state index in [-0.39, 0.29) is 0 Å². The van der Waals surface area contributed by atoms with E-state index in [1.165, 1.54) is 0 Å². The zero-order chi connectivity index (χ0) is 12.8. The van der Waals surface area contributed by atoms with Crippen LogP contribution in [0.25, 0.3) is 6.08 Å². The van der Waals surface area contributed by atoms with Crippen molar-refractivity contribution < 1.29 is 5.11 Å². The molecule has 3 heteroatoms. The summed E-state index contributed by atoms with van der Waals surface area (Å²) < 4.78 is 0. The van der Waals surface area contributed by atoms with Crippen molar-refractivity contribution in [2.24, 2.45) is 0 Å². The van der Waals surface area contributed by atoms with Crippen LogP contribution in [-0.4, -0.2) is 16.2 Å². The van der Waals surface area contributed by atoms with E-state index in [2.05, 4.69) is 11.6 Å². The Kier molecular flexibility index (Phi) is 5.32. The van der Waals surface area contributed by atoms with Gasteiger partial charge in [-0.2, -0.15) is 0 Å². The number of aryl methyl sites for hydroxylation is 1. The first-order valence-electron chi connectivity index (χ1n) is 5.60. The summed E-state index contributed by atoms with van der Waals surface area (Å²) in [5.74, 6) is 0. The van der Waals surface area contributed by atoms with Gasteiger partial charge in [0, 0.05) is 5.38 Å². The standard InChI is InChI=1S/C14H19NOS/c1-5-10(2)6-7-14(16)11(3)8-13-9-17-12(4)15-13/h5-6,8-9,14,16H,1,7H2,2-4H3/b10-6-,11-8+. The monoisotopic (exact) mass is 249 g/mol. The molecule has 1 heterocycles. The van der Waals surface area contributed by atoms with E-state index in [9.17, 15) is 5.11 Å². The topological polar surface area (TPSA) is 33.1 Å². The van der Waals surface area contributed by atoms with Gasteiger partial charge in [-0.05, 0) is 38.8 Å². The van der Waals surface area contributed by atoms with E-state index in [4.69, 9.17) is 0 Å². The Morgan fingerprint density at radius 2 is 2.29 bits per heavy atom. The maximum absolute atomic E-state index is 9.96. The fraction of sp³-hybridized carbons (Fsp3) is 0.357. The highest BCUT2D eigenvalue weighted by Gasteiger charge is 2.05. The highest BCUT2D eigenvalue weighted by atomic mass is 32.1. The van der Waals surface area contributed by atoms with E-state index in [1.807, 2.05) is 38.3 Å². The molecule has 0 saturated carbocycles. The normalized spacial score (nSPS) is 14.8. The van der Waals surface area contributed by atoms with Crippen LogP contribution in [0.2, 0.25) is 0 Å². The molecular weight excluding hydrogens is 230 g/mol. The van der Waals surface area contributed by atoms with Crippen molar-refractivity contribution in [2.45, 2.75) is 33.3 Å². The smallest absolute Gasteiger partial charge is 0.0901 e. The summed E-state index contributed by atoms with van der Waals surface area (Å²) in [4.78, 5) is 4.34. The summed E-state index contributed by atoms with van der Waals surface area (Å²) >= 11 is 1.62. The summed E-state index contributed by atoms with van der Waals surface area (Å²) in [5, 5.41) is 13.0. The molecule has 0 aliphatic heterocycles. The first-order valence-corrected chi connectivity index (χ1v) is 6.48. The Hall–Kier alpha value is -1.19. The van der Waals surface area contributed by atoms with Crippen LogP contribution in [0, 0.1) is 6.92 Å². The molecule has 0 fully saturated rings. The van der Waals surface area contributed by atoms with Gasteiger partial charge >= 0.3 is 0 Å². The molecule has 0 amide bonds. The fourth-order valence-electron chi connectivity index (χ4n) is 1.34. The van der Waals surface area contributed by atoms with Crippen LogP contribution in [0.4, 0.5) is 0 Å². The summed E-state index contributed by atoms with van der Waals surface area (Å²) in [7, 11) is 0. The molecule has 1 N–H and O–H groups in total. The van der Waals surface area contributed by atoms with Crippen LogP contribution in [0.3, 0.4) is 0 Å². The van der Waals surface area contributed by atoms with Gasteiger partial charge in [0.15, 0.2) is 0 Å². The molecule has 0 aliphatic carbocycles.